The van der Waals surface area contributed by atoms with E-state index in [-0.39, 0.29) is 0 Å². The molecule has 108 valence electrons. The van der Waals surface area contributed by atoms with E-state index in [0.717, 1.165) is 18.8 Å². The van der Waals surface area contributed by atoms with Crippen LogP contribution in [0.2, 0.25) is 0 Å². The van der Waals surface area contributed by atoms with Crippen LogP contribution in [-0.4, -0.2) is 19.7 Å². The highest BCUT2D eigenvalue weighted by atomic mass is 16.5. The lowest BCUT2D eigenvalue weighted by Crippen LogP contribution is -2.24. The van der Waals surface area contributed by atoms with E-state index in [0.29, 0.717) is 12.0 Å². The van der Waals surface area contributed by atoms with Crippen molar-refractivity contribution < 1.29 is 4.74 Å². The van der Waals surface area contributed by atoms with Gasteiger partial charge in [-0.1, -0.05) is 32.9 Å². The van der Waals surface area contributed by atoms with Crippen molar-refractivity contribution in [1.29, 1.82) is 0 Å². The van der Waals surface area contributed by atoms with Gasteiger partial charge in [-0.25, -0.2) is 0 Å². The number of benzene rings is 1. The van der Waals surface area contributed by atoms with Gasteiger partial charge in [-0.05, 0) is 56.3 Å². The SMILES string of the molecule is CCC(CCCOc1ccc(C(C)CC)cc1)NC. The average Bonchev–Trinajstić information content (AvgIpc) is 2.47. The first-order valence-electron chi connectivity index (χ1n) is 7.61. The molecule has 2 atom stereocenters. The van der Waals surface area contributed by atoms with Gasteiger partial charge in [0, 0.05) is 6.04 Å². The molecule has 2 nitrogen and oxygen atoms in total. The minimum absolute atomic E-state index is 0.622. The summed E-state index contributed by atoms with van der Waals surface area (Å²) in [4.78, 5) is 0. The van der Waals surface area contributed by atoms with Gasteiger partial charge in [-0.3, -0.25) is 0 Å². The molecular formula is C17H29NO. The van der Waals surface area contributed by atoms with Crippen molar-refractivity contribution in [2.45, 2.75) is 58.4 Å². The average molecular weight is 263 g/mol. The van der Waals surface area contributed by atoms with Crippen LogP contribution in [0.4, 0.5) is 0 Å². The van der Waals surface area contributed by atoms with Gasteiger partial charge in [0.2, 0.25) is 0 Å². The molecule has 0 spiro atoms. The maximum atomic E-state index is 5.79. The Hall–Kier alpha value is -1.02. The van der Waals surface area contributed by atoms with Gasteiger partial charge in [-0.15, -0.1) is 0 Å². The highest BCUT2D eigenvalue weighted by Crippen LogP contribution is 2.21. The number of rotatable bonds is 9. The molecule has 0 bridgehead atoms. The molecule has 2 unspecified atom stereocenters. The summed E-state index contributed by atoms with van der Waals surface area (Å²) in [5.74, 6) is 1.62. The normalized spacial score (nSPS) is 14.1. The molecule has 0 amide bonds. The Morgan fingerprint density at radius 2 is 1.79 bits per heavy atom. The molecule has 0 heterocycles. The quantitative estimate of drug-likeness (QED) is 0.668. The lowest BCUT2D eigenvalue weighted by Gasteiger charge is -2.14. The Morgan fingerprint density at radius 1 is 1.11 bits per heavy atom. The fraction of sp³-hybridized carbons (Fsp3) is 0.647. The smallest absolute Gasteiger partial charge is 0.119 e. The zero-order chi connectivity index (χ0) is 14.1. The molecule has 0 fully saturated rings. The monoisotopic (exact) mass is 263 g/mol. The van der Waals surface area contributed by atoms with Gasteiger partial charge in [0.15, 0.2) is 0 Å². The molecule has 0 radical (unpaired) electrons. The van der Waals surface area contributed by atoms with Crippen molar-refractivity contribution in [2.75, 3.05) is 13.7 Å². The predicted molar refractivity (Wildman–Crippen MR) is 83.0 cm³/mol. The van der Waals surface area contributed by atoms with E-state index >= 15 is 0 Å². The molecule has 1 aromatic rings. The van der Waals surface area contributed by atoms with Crippen LogP contribution in [0.3, 0.4) is 0 Å². The molecule has 0 saturated carbocycles. The van der Waals surface area contributed by atoms with E-state index < -0.39 is 0 Å². The summed E-state index contributed by atoms with van der Waals surface area (Å²) in [6.45, 7) is 7.51. The van der Waals surface area contributed by atoms with E-state index in [9.17, 15) is 0 Å². The third kappa shape index (κ3) is 5.65. The van der Waals surface area contributed by atoms with Gasteiger partial charge >= 0.3 is 0 Å². The van der Waals surface area contributed by atoms with Crippen LogP contribution in [0, 0.1) is 0 Å². The summed E-state index contributed by atoms with van der Waals surface area (Å²) in [5, 5.41) is 3.32. The van der Waals surface area contributed by atoms with Crippen LogP contribution in [0.15, 0.2) is 24.3 Å². The Balaban J connectivity index is 2.30. The second-order valence-electron chi connectivity index (χ2n) is 5.26. The molecule has 0 aromatic heterocycles. The highest BCUT2D eigenvalue weighted by molar-refractivity contribution is 5.29. The number of ether oxygens (including phenoxy) is 1. The summed E-state index contributed by atoms with van der Waals surface area (Å²) in [6.07, 6.45) is 4.65. The first kappa shape index (κ1) is 16.0. The van der Waals surface area contributed by atoms with Crippen LogP contribution in [0.5, 0.6) is 5.75 Å². The van der Waals surface area contributed by atoms with E-state index in [4.69, 9.17) is 4.74 Å². The van der Waals surface area contributed by atoms with Crippen molar-refractivity contribution in [2.24, 2.45) is 0 Å². The summed E-state index contributed by atoms with van der Waals surface area (Å²) in [6, 6.07) is 9.18. The Labute approximate surface area is 118 Å². The van der Waals surface area contributed by atoms with Crippen molar-refractivity contribution >= 4 is 0 Å². The molecule has 1 aromatic carbocycles. The second kappa shape index (κ2) is 8.98. The van der Waals surface area contributed by atoms with Gasteiger partial charge < -0.3 is 10.1 Å². The van der Waals surface area contributed by atoms with Gasteiger partial charge in [0.05, 0.1) is 6.61 Å². The van der Waals surface area contributed by atoms with Gasteiger partial charge in [-0.2, -0.15) is 0 Å². The minimum atomic E-state index is 0.622. The van der Waals surface area contributed by atoms with Gasteiger partial charge in [0.25, 0.3) is 0 Å². The standard InChI is InChI=1S/C17H29NO/c1-5-14(3)15-9-11-17(12-10-15)19-13-7-8-16(6-2)18-4/h9-12,14,16,18H,5-8,13H2,1-4H3. The van der Waals surface area contributed by atoms with Crippen molar-refractivity contribution in [3.05, 3.63) is 29.8 Å². The lowest BCUT2D eigenvalue weighted by atomic mass is 9.99. The summed E-state index contributed by atoms with van der Waals surface area (Å²) in [7, 11) is 2.03. The van der Waals surface area contributed by atoms with Crippen molar-refractivity contribution in [3.63, 3.8) is 0 Å². The first-order valence-corrected chi connectivity index (χ1v) is 7.61. The van der Waals surface area contributed by atoms with E-state index in [1.54, 1.807) is 0 Å². The maximum Gasteiger partial charge on any atom is 0.119 e. The molecule has 1 rings (SSSR count). The Morgan fingerprint density at radius 3 is 2.32 bits per heavy atom. The van der Waals surface area contributed by atoms with Crippen LogP contribution in [0.1, 0.15) is 57.9 Å². The molecule has 19 heavy (non-hydrogen) atoms. The molecule has 0 saturated heterocycles. The maximum absolute atomic E-state index is 5.79. The fourth-order valence-electron chi connectivity index (χ4n) is 2.20. The summed E-state index contributed by atoms with van der Waals surface area (Å²) >= 11 is 0. The summed E-state index contributed by atoms with van der Waals surface area (Å²) in [5.41, 5.74) is 1.40. The molecular weight excluding hydrogens is 234 g/mol. The fourth-order valence-corrected chi connectivity index (χ4v) is 2.20. The third-order valence-corrected chi connectivity index (χ3v) is 3.93. The Kier molecular flexibility index (Phi) is 7.57. The molecule has 1 N–H and O–H groups in total. The summed E-state index contributed by atoms with van der Waals surface area (Å²) < 4.78 is 5.79. The first-order chi connectivity index (χ1) is 9.21. The second-order valence-corrected chi connectivity index (χ2v) is 5.26. The zero-order valence-electron chi connectivity index (χ0n) is 12.9. The molecule has 0 aliphatic rings. The number of nitrogens with one attached hydrogen (secondary N) is 1. The van der Waals surface area contributed by atoms with E-state index in [2.05, 4.69) is 50.4 Å². The van der Waals surface area contributed by atoms with Gasteiger partial charge in [0.1, 0.15) is 5.75 Å². The van der Waals surface area contributed by atoms with Crippen molar-refractivity contribution in [1.82, 2.24) is 5.32 Å². The molecule has 0 aliphatic heterocycles. The van der Waals surface area contributed by atoms with E-state index in [1.165, 1.54) is 24.8 Å². The van der Waals surface area contributed by atoms with Crippen LogP contribution in [0.25, 0.3) is 0 Å². The number of hydrogen-bond acceptors (Lipinski definition) is 2. The predicted octanol–water partition coefficient (Wildman–Crippen LogP) is 4.36. The minimum Gasteiger partial charge on any atom is -0.494 e. The largest absolute Gasteiger partial charge is 0.494 e. The third-order valence-electron chi connectivity index (χ3n) is 3.93. The van der Waals surface area contributed by atoms with Crippen LogP contribution >= 0.6 is 0 Å². The molecule has 2 heteroatoms. The van der Waals surface area contributed by atoms with E-state index in [1.807, 2.05) is 7.05 Å². The van der Waals surface area contributed by atoms with Crippen LogP contribution in [-0.2, 0) is 0 Å². The topological polar surface area (TPSA) is 21.3 Å². The lowest BCUT2D eigenvalue weighted by molar-refractivity contribution is 0.296. The Bertz CT molecular complexity index is 330. The highest BCUT2D eigenvalue weighted by Gasteiger charge is 2.04. The number of hydrogen-bond donors (Lipinski definition) is 1. The zero-order valence-corrected chi connectivity index (χ0v) is 12.9. The molecule has 0 aliphatic carbocycles. The van der Waals surface area contributed by atoms with Crippen LogP contribution < -0.4 is 10.1 Å². The van der Waals surface area contributed by atoms with Crippen molar-refractivity contribution in [3.8, 4) is 5.75 Å².